The summed E-state index contributed by atoms with van der Waals surface area (Å²) in [6.45, 7) is 17.7. The van der Waals surface area contributed by atoms with Crippen LogP contribution in [-0.2, 0) is 12.3 Å². The van der Waals surface area contributed by atoms with E-state index in [-0.39, 0.29) is 44.6 Å². The molecule has 0 aliphatic heterocycles. The molecule has 3 nitrogen and oxygen atoms in total. The van der Waals surface area contributed by atoms with Gasteiger partial charge in [0.25, 0.3) is 0 Å². The predicted octanol–water partition coefficient (Wildman–Crippen LogP) is 8.48. The van der Waals surface area contributed by atoms with Crippen molar-refractivity contribution in [2.75, 3.05) is 0 Å². The molecule has 0 atom stereocenters. The Hall–Kier alpha value is -0.812. The second-order valence-electron chi connectivity index (χ2n) is 9.28. The fourth-order valence-corrected chi connectivity index (χ4v) is 20.0. The SMILES string of the molecule is C.C.C.C.C.C.C[Si](C)(C)O[Si](C)(C)O[Si](O[Si](C)(C)C)(c1ccccc1)c1ccccc1. The summed E-state index contributed by atoms with van der Waals surface area (Å²) in [6, 6.07) is 21.0. The van der Waals surface area contributed by atoms with Crippen LogP contribution >= 0.6 is 0 Å². The number of hydrogen-bond donors (Lipinski definition) is 0. The lowest BCUT2D eigenvalue weighted by Crippen LogP contribution is -2.71. The van der Waals surface area contributed by atoms with Crippen LogP contribution in [0.2, 0.25) is 52.4 Å². The van der Waals surface area contributed by atoms with Crippen molar-refractivity contribution >= 4 is 44.1 Å². The van der Waals surface area contributed by atoms with Crippen molar-refractivity contribution < 1.29 is 12.3 Å². The van der Waals surface area contributed by atoms with Crippen molar-refractivity contribution in [3.05, 3.63) is 60.7 Å². The van der Waals surface area contributed by atoms with Gasteiger partial charge in [0.05, 0.1) is 0 Å². The van der Waals surface area contributed by atoms with E-state index in [0.717, 1.165) is 10.4 Å². The zero-order valence-electron chi connectivity index (χ0n) is 18.0. The van der Waals surface area contributed by atoms with Gasteiger partial charge >= 0.3 is 17.1 Å². The molecule has 0 radical (unpaired) electrons. The van der Waals surface area contributed by atoms with Crippen LogP contribution in [0.1, 0.15) is 44.6 Å². The van der Waals surface area contributed by atoms with Crippen LogP contribution in [-0.4, -0.2) is 33.8 Å². The van der Waals surface area contributed by atoms with Crippen LogP contribution in [0.4, 0.5) is 0 Å². The second kappa shape index (κ2) is 16.0. The highest BCUT2D eigenvalue weighted by Gasteiger charge is 2.50. The fourth-order valence-electron chi connectivity index (χ4n) is 3.27. The molecule has 2 aromatic carbocycles. The predicted molar refractivity (Wildman–Crippen MR) is 166 cm³/mol. The average molecular weight is 531 g/mol. The molecule has 0 unspecified atom stereocenters. The first-order chi connectivity index (χ1) is 12.3. The summed E-state index contributed by atoms with van der Waals surface area (Å²) in [5.41, 5.74) is 0. The lowest BCUT2D eigenvalue weighted by atomic mass is 10.4. The molecule has 33 heavy (non-hydrogen) atoms. The number of hydrogen-bond acceptors (Lipinski definition) is 3. The summed E-state index contributed by atoms with van der Waals surface area (Å²) in [5, 5.41) is 2.30. The summed E-state index contributed by atoms with van der Waals surface area (Å²) in [6.07, 6.45) is 0. The zero-order chi connectivity index (χ0) is 20.3. The second-order valence-corrected chi connectivity index (χ2v) is 25.4. The minimum atomic E-state index is -2.90. The molecule has 7 heteroatoms. The van der Waals surface area contributed by atoms with Gasteiger partial charge in [-0.15, -0.1) is 0 Å². The highest BCUT2D eigenvalue weighted by molar-refractivity contribution is 7.02. The molecule has 0 bridgehead atoms. The van der Waals surface area contributed by atoms with Crippen LogP contribution in [0, 0.1) is 0 Å². The van der Waals surface area contributed by atoms with Gasteiger partial charge in [-0.3, -0.25) is 0 Å². The van der Waals surface area contributed by atoms with Gasteiger partial charge in [0.15, 0.2) is 16.6 Å². The van der Waals surface area contributed by atoms with Crippen LogP contribution in [0.5, 0.6) is 0 Å². The van der Waals surface area contributed by atoms with E-state index < -0.39 is 33.8 Å². The molecule has 0 spiro atoms. The van der Waals surface area contributed by atoms with E-state index >= 15 is 0 Å². The van der Waals surface area contributed by atoms with Crippen molar-refractivity contribution in [2.24, 2.45) is 0 Å². The Morgan fingerprint density at radius 1 is 0.424 bits per heavy atom. The van der Waals surface area contributed by atoms with Crippen molar-refractivity contribution in [3.63, 3.8) is 0 Å². The molecule has 0 aromatic heterocycles. The van der Waals surface area contributed by atoms with E-state index in [9.17, 15) is 0 Å². The third kappa shape index (κ3) is 13.0. The monoisotopic (exact) mass is 530 g/mol. The van der Waals surface area contributed by atoms with Crippen molar-refractivity contribution in [2.45, 2.75) is 96.9 Å². The lowest BCUT2D eigenvalue weighted by Gasteiger charge is -2.43. The molecule has 0 aliphatic carbocycles. The van der Waals surface area contributed by atoms with Crippen molar-refractivity contribution in [1.29, 1.82) is 0 Å². The molecule has 2 aromatic rings. The molecule has 0 saturated carbocycles. The fraction of sp³-hybridized carbons (Fsp3) is 0.538. The molecular formula is C26H58O3Si4. The Morgan fingerprint density at radius 3 is 1.00 bits per heavy atom. The highest BCUT2D eigenvalue weighted by Crippen LogP contribution is 2.24. The standard InChI is InChI=1S/C20H34O3Si4.6CH4/c1-24(2,3)21-26(7,8)23-27(22-25(4,5)6,19-15-11-9-12-16-19)20-17-13-10-14-18-20;;;;;;/h9-18H,1-8H3;6*1H4. The summed E-state index contributed by atoms with van der Waals surface area (Å²) in [7, 11) is -8.96. The summed E-state index contributed by atoms with van der Waals surface area (Å²) in [4.78, 5) is 0. The Morgan fingerprint density at radius 2 is 0.727 bits per heavy atom. The number of benzene rings is 2. The Labute approximate surface area is 213 Å². The van der Waals surface area contributed by atoms with E-state index in [1.165, 1.54) is 0 Å². The molecular weight excluding hydrogens is 473 g/mol. The maximum absolute atomic E-state index is 7.05. The largest absolute Gasteiger partial charge is 0.437 e. The normalized spacial score (nSPS) is 11.2. The molecule has 0 saturated heterocycles. The number of rotatable bonds is 8. The van der Waals surface area contributed by atoms with Gasteiger partial charge in [0, 0.05) is 0 Å². The minimum Gasteiger partial charge on any atom is -0.437 e. The molecule has 0 aliphatic rings. The molecule has 0 fully saturated rings. The molecule has 0 amide bonds. The Balaban J connectivity index is -0.000000436. The van der Waals surface area contributed by atoms with E-state index in [4.69, 9.17) is 12.3 Å². The van der Waals surface area contributed by atoms with Gasteiger partial charge in [0.1, 0.15) is 0 Å². The lowest BCUT2D eigenvalue weighted by molar-refractivity contribution is 0.343. The summed E-state index contributed by atoms with van der Waals surface area (Å²) in [5.74, 6) is 0. The minimum absolute atomic E-state index is 0. The quantitative estimate of drug-likeness (QED) is 0.320. The maximum atomic E-state index is 7.05. The summed E-state index contributed by atoms with van der Waals surface area (Å²) >= 11 is 0. The maximum Gasteiger partial charge on any atom is 0.388 e. The first kappa shape index (κ1) is 42.4. The van der Waals surface area contributed by atoms with Crippen LogP contribution in [0.15, 0.2) is 60.7 Å². The van der Waals surface area contributed by atoms with Crippen molar-refractivity contribution in [1.82, 2.24) is 0 Å². The van der Waals surface area contributed by atoms with Crippen LogP contribution in [0.25, 0.3) is 0 Å². The smallest absolute Gasteiger partial charge is 0.388 e. The van der Waals surface area contributed by atoms with Crippen molar-refractivity contribution in [3.8, 4) is 0 Å². The van der Waals surface area contributed by atoms with Gasteiger partial charge in [-0.25, -0.2) is 0 Å². The third-order valence-electron chi connectivity index (χ3n) is 3.70. The Bertz CT molecular complexity index is 685. The van der Waals surface area contributed by atoms with Gasteiger partial charge in [-0.2, -0.15) is 0 Å². The van der Waals surface area contributed by atoms with Gasteiger partial charge < -0.3 is 12.3 Å². The average Bonchev–Trinajstić information content (AvgIpc) is 2.52. The topological polar surface area (TPSA) is 27.7 Å². The summed E-state index contributed by atoms with van der Waals surface area (Å²) < 4.78 is 20.6. The van der Waals surface area contributed by atoms with E-state index in [1.807, 2.05) is 12.1 Å². The van der Waals surface area contributed by atoms with Gasteiger partial charge in [0.2, 0.25) is 0 Å². The third-order valence-corrected chi connectivity index (χ3v) is 17.0. The van der Waals surface area contributed by atoms with Gasteiger partial charge in [-0.1, -0.05) is 105 Å². The van der Waals surface area contributed by atoms with E-state index in [2.05, 4.69) is 101 Å². The first-order valence-electron chi connectivity index (χ1n) is 9.55. The van der Waals surface area contributed by atoms with E-state index in [0.29, 0.717) is 0 Å². The zero-order valence-corrected chi connectivity index (χ0v) is 22.0. The Kier molecular flexibility index (Phi) is 20.5. The highest BCUT2D eigenvalue weighted by atomic mass is 28.5. The van der Waals surface area contributed by atoms with Crippen LogP contribution in [0.3, 0.4) is 0 Å². The molecule has 196 valence electrons. The first-order valence-corrected chi connectivity index (χ1v) is 21.0. The molecule has 0 N–H and O–H groups in total. The molecule has 0 heterocycles. The van der Waals surface area contributed by atoms with Gasteiger partial charge in [-0.05, 0) is 62.7 Å². The van der Waals surface area contributed by atoms with Crippen LogP contribution < -0.4 is 10.4 Å². The van der Waals surface area contributed by atoms with E-state index in [1.54, 1.807) is 0 Å². The molecule has 2 rings (SSSR count).